The number of ether oxygens (including phenoxy) is 2. The highest BCUT2D eigenvalue weighted by Crippen LogP contribution is 2.41. The van der Waals surface area contributed by atoms with E-state index >= 15 is 0 Å². The summed E-state index contributed by atoms with van der Waals surface area (Å²) in [5.41, 5.74) is -0.290. The van der Waals surface area contributed by atoms with Crippen molar-refractivity contribution in [3.8, 4) is 5.75 Å². The van der Waals surface area contributed by atoms with Crippen LogP contribution in [0.2, 0.25) is 0 Å². The first-order valence-corrected chi connectivity index (χ1v) is 7.72. The van der Waals surface area contributed by atoms with E-state index in [-0.39, 0.29) is 21.7 Å². The zero-order chi connectivity index (χ0) is 15.3. The predicted molar refractivity (Wildman–Crippen MR) is 71.7 cm³/mol. The fourth-order valence-electron chi connectivity index (χ4n) is 2.56. The minimum atomic E-state index is -3.65. The summed E-state index contributed by atoms with van der Waals surface area (Å²) < 4.78 is 36.3. The van der Waals surface area contributed by atoms with Crippen LogP contribution in [0.1, 0.15) is 0 Å². The van der Waals surface area contributed by atoms with E-state index in [1.165, 1.54) is 23.5 Å². The molecule has 0 N–H and O–H groups in total. The number of nitro benzene ring substituents is 1. The molecule has 2 saturated heterocycles. The molecule has 1 aromatic rings. The van der Waals surface area contributed by atoms with E-state index in [0.29, 0.717) is 26.3 Å². The van der Waals surface area contributed by atoms with E-state index in [1.54, 1.807) is 0 Å². The van der Waals surface area contributed by atoms with Crippen molar-refractivity contribution in [3.63, 3.8) is 0 Å². The molecular weight excluding hydrogens is 300 g/mol. The van der Waals surface area contributed by atoms with Gasteiger partial charge < -0.3 is 9.47 Å². The van der Waals surface area contributed by atoms with Gasteiger partial charge in [-0.3, -0.25) is 10.1 Å². The van der Waals surface area contributed by atoms with E-state index < -0.39 is 14.9 Å². The number of sulfonamides is 1. The largest absolute Gasteiger partial charge is 0.490 e. The van der Waals surface area contributed by atoms with Crippen molar-refractivity contribution >= 4 is 15.7 Å². The van der Waals surface area contributed by atoms with Gasteiger partial charge in [0, 0.05) is 30.6 Å². The Morgan fingerprint density at radius 3 is 2.52 bits per heavy atom. The highest BCUT2D eigenvalue weighted by molar-refractivity contribution is 7.89. The summed E-state index contributed by atoms with van der Waals surface area (Å²) in [6.45, 7) is 2.02. The van der Waals surface area contributed by atoms with Crippen LogP contribution in [0.5, 0.6) is 5.75 Å². The lowest BCUT2D eigenvalue weighted by Gasteiger charge is -2.53. The Kier molecular flexibility index (Phi) is 3.15. The molecule has 1 aromatic carbocycles. The van der Waals surface area contributed by atoms with Gasteiger partial charge in [0.15, 0.2) is 5.75 Å². The highest BCUT2D eigenvalue weighted by atomic mass is 32.2. The van der Waals surface area contributed by atoms with Crippen molar-refractivity contribution in [3.05, 3.63) is 28.3 Å². The number of benzene rings is 1. The van der Waals surface area contributed by atoms with Crippen LogP contribution < -0.4 is 4.74 Å². The number of nitrogens with zero attached hydrogens (tertiary/aromatic N) is 2. The second kappa shape index (κ2) is 4.65. The normalized spacial score (nSPS) is 20.6. The van der Waals surface area contributed by atoms with E-state index in [0.717, 1.165) is 6.07 Å². The van der Waals surface area contributed by atoms with E-state index in [1.807, 2.05) is 0 Å². The summed E-state index contributed by atoms with van der Waals surface area (Å²) in [4.78, 5) is 10.2. The molecule has 0 saturated carbocycles. The lowest BCUT2D eigenvalue weighted by Crippen LogP contribution is -2.66. The molecule has 2 fully saturated rings. The molecule has 21 heavy (non-hydrogen) atoms. The van der Waals surface area contributed by atoms with E-state index in [2.05, 4.69) is 0 Å². The third-order valence-electron chi connectivity index (χ3n) is 3.83. The van der Waals surface area contributed by atoms with E-state index in [9.17, 15) is 18.5 Å². The zero-order valence-corrected chi connectivity index (χ0v) is 12.1. The van der Waals surface area contributed by atoms with Crippen LogP contribution >= 0.6 is 0 Å². The standard InChI is InChI=1S/C12H14N2O6S/c1-19-11-4-9(2-3-10(11)14(15)16)21(17,18)13-5-12(6-13)7-20-8-12/h2-4H,5-8H2,1H3. The molecule has 8 nitrogen and oxygen atoms in total. The Labute approximate surface area is 121 Å². The minimum Gasteiger partial charge on any atom is -0.490 e. The van der Waals surface area contributed by atoms with Gasteiger partial charge >= 0.3 is 5.69 Å². The molecule has 0 atom stereocenters. The molecule has 0 aromatic heterocycles. The topological polar surface area (TPSA) is 99.0 Å². The zero-order valence-electron chi connectivity index (χ0n) is 11.3. The Morgan fingerprint density at radius 1 is 1.38 bits per heavy atom. The Hall–Kier alpha value is -1.71. The van der Waals surface area contributed by atoms with Crippen molar-refractivity contribution in [1.82, 2.24) is 4.31 Å². The van der Waals surface area contributed by atoms with Gasteiger partial charge in [-0.25, -0.2) is 8.42 Å². The number of nitro groups is 1. The van der Waals surface area contributed by atoms with Gasteiger partial charge in [-0.2, -0.15) is 4.31 Å². The molecule has 2 heterocycles. The molecule has 0 radical (unpaired) electrons. The van der Waals surface area contributed by atoms with Gasteiger partial charge in [0.2, 0.25) is 10.0 Å². The first-order valence-electron chi connectivity index (χ1n) is 6.28. The fourth-order valence-corrected chi connectivity index (χ4v) is 4.25. The molecule has 2 aliphatic rings. The van der Waals surface area contributed by atoms with Crippen LogP contribution in [0.3, 0.4) is 0 Å². The molecule has 9 heteroatoms. The molecule has 114 valence electrons. The molecule has 0 unspecified atom stereocenters. The van der Waals surface area contributed by atoms with Gasteiger partial charge in [-0.05, 0) is 6.07 Å². The summed E-state index contributed by atoms with van der Waals surface area (Å²) in [5.74, 6) is -0.0664. The van der Waals surface area contributed by atoms with Crippen LogP contribution in [0.4, 0.5) is 5.69 Å². The Morgan fingerprint density at radius 2 is 2.05 bits per heavy atom. The van der Waals surface area contributed by atoms with Gasteiger partial charge in [0.1, 0.15) is 0 Å². The van der Waals surface area contributed by atoms with Crippen molar-refractivity contribution in [1.29, 1.82) is 0 Å². The molecule has 0 aliphatic carbocycles. The SMILES string of the molecule is COc1cc(S(=O)(=O)N2CC3(COC3)C2)ccc1[N+](=O)[O-]. The Bertz CT molecular complexity index is 690. The van der Waals surface area contributed by atoms with Gasteiger partial charge in [-0.1, -0.05) is 0 Å². The second-order valence-corrected chi connectivity index (χ2v) is 7.29. The first kappa shape index (κ1) is 14.2. The van der Waals surface area contributed by atoms with Crippen LogP contribution in [0, 0.1) is 15.5 Å². The third kappa shape index (κ3) is 2.17. The molecule has 0 bridgehead atoms. The first-order chi connectivity index (χ1) is 9.88. The van der Waals surface area contributed by atoms with Crippen LogP contribution in [-0.4, -0.2) is 51.1 Å². The maximum absolute atomic E-state index is 12.5. The molecule has 1 spiro atoms. The number of hydrogen-bond donors (Lipinski definition) is 0. The van der Waals surface area contributed by atoms with E-state index in [4.69, 9.17) is 9.47 Å². The monoisotopic (exact) mass is 314 g/mol. The van der Waals surface area contributed by atoms with Crippen LogP contribution in [0.25, 0.3) is 0 Å². The number of rotatable bonds is 4. The molecule has 3 rings (SSSR count). The van der Waals surface area contributed by atoms with Gasteiger partial charge in [0.05, 0.1) is 30.1 Å². The summed E-state index contributed by atoms with van der Waals surface area (Å²) >= 11 is 0. The molecule has 0 amide bonds. The van der Waals surface area contributed by atoms with Gasteiger partial charge in [0.25, 0.3) is 0 Å². The maximum atomic E-state index is 12.5. The Balaban J connectivity index is 1.87. The smallest absolute Gasteiger partial charge is 0.310 e. The summed E-state index contributed by atoms with van der Waals surface area (Å²) in [6.07, 6.45) is 0. The average molecular weight is 314 g/mol. The lowest BCUT2D eigenvalue weighted by molar-refractivity contribution is -0.385. The van der Waals surface area contributed by atoms with Crippen molar-refractivity contribution in [2.75, 3.05) is 33.4 Å². The van der Waals surface area contributed by atoms with Crippen LogP contribution in [0.15, 0.2) is 23.1 Å². The average Bonchev–Trinajstić information content (AvgIpc) is 2.34. The molecule has 2 aliphatic heterocycles. The van der Waals surface area contributed by atoms with Crippen LogP contribution in [-0.2, 0) is 14.8 Å². The third-order valence-corrected chi connectivity index (χ3v) is 5.61. The van der Waals surface area contributed by atoms with Crippen molar-refractivity contribution in [2.24, 2.45) is 5.41 Å². The minimum absolute atomic E-state index is 0.0000387. The lowest BCUT2D eigenvalue weighted by atomic mass is 9.80. The predicted octanol–water partition coefficient (Wildman–Crippen LogP) is 0.624. The quantitative estimate of drug-likeness (QED) is 0.597. The summed E-state index contributed by atoms with van der Waals surface area (Å²) in [5, 5.41) is 10.8. The number of hydrogen-bond acceptors (Lipinski definition) is 6. The summed E-state index contributed by atoms with van der Waals surface area (Å²) in [6, 6.07) is 3.57. The maximum Gasteiger partial charge on any atom is 0.310 e. The van der Waals surface area contributed by atoms with Crippen molar-refractivity contribution < 1.29 is 22.8 Å². The number of methoxy groups -OCH3 is 1. The van der Waals surface area contributed by atoms with Gasteiger partial charge in [-0.15, -0.1) is 0 Å². The second-order valence-electron chi connectivity index (χ2n) is 5.36. The fraction of sp³-hybridized carbons (Fsp3) is 0.500. The highest BCUT2D eigenvalue weighted by Gasteiger charge is 2.53. The van der Waals surface area contributed by atoms with Crippen molar-refractivity contribution in [2.45, 2.75) is 4.90 Å². The molecular formula is C12H14N2O6S. The summed E-state index contributed by atoms with van der Waals surface area (Å²) in [7, 11) is -2.38.